The van der Waals surface area contributed by atoms with Crippen LogP contribution in [0.2, 0.25) is 0 Å². The van der Waals surface area contributed by atoms with E-state index < -0.39 is 0 Å². The Morgan fingerprint density at radius 3 is 2.67 bits per heavy atom. The zero-order chi connectivity index (χ0) is 15.2. The van der Waals surface area contributed by atoms with Crippen LogP contribution in [0.1, 0.15) is 56.8 Å². The number of carbonyl (C=O) groups excluding carboxylic acids is 1. The van der Waals surface area contributed by atoms with Crippen molar-refractivity contribution >= 4 is 11.6 Å². The van der Waals surface area contributed by atoms with Crippen LogP contribution in [-0.2, 0) is 0 Å². The summed E-state index contributed by atoms with van der Waals surface area (Å²) in [5.41, 5.74) is 1.79. The molecule has 1 fully saturated rings. The lowest BCUT2D eigenvalue weighted by atomic mass is 10.1. The fraction of sp³-hybridized carbons (Fsp3) is 0.611. The number of nitrogens with one attached hydrogen (secondary N) is 1. The van der Waals surface area contributed by atoms with Gasteiger partial charge in [-0.3, -0.25) is 4.79 Å². The number of amides is 1. The number of anilines is 1. The van der Waals surface area contributed by atoms with E-state index in [0.717, 1.165) is 50.0 Å². The second-order valence-corrected chi connectivity index (χ2v) is 6.38. The monoisotopic (exact) mass is 288 g/mol. The minimum atomic E-state index is 0.192. The second-order valence-electron chi connectivity index (χ2n) is 6.38. The van der Waals surface area contributed by atoms with Crippen LogP contribution < -0.4 is 5.32 Å². The van der Waals surface area contributed by atoms with E-state index in [9.17, 15) is 4.79 Å². The maximum Gasteiger partial charge on any atom is 0.256 e. The third-order valence-corrected chi connectivity index (χ3v) is 3.92. The normalized spacial score (nSPS) is 14.3. The molecule has 21 heavy (non-hydrogen) atoms. The first-order chi connectivity index (χ1) is 10.1. The van der Waals surface area contributed by atoms with Crippen molar-refractivity contribution in [2.24, 2.45) is 5.92 Å². The molecule has 1 amide bonds. The molecule has 0 saturated heterocycles. The zero-order valence-corrected chi connectivity index (χ0v) is 13.6. The van der Waals surface area contributed by atoms with Gasteiger partial charge in [-0.1, -0.05) is 32.9 Å². The van der Waals surface area contributed by atoms with Gasteiger partial charge in [0.15, 0.2) is 0 Å². The Labute approximate surface area is 128 Å². The number of hydrogen-bond acceptors (Lipinski definition) is 2. The van der Waals surface area contributed by atoms with Gasteiger partial charge in [0.1, 0.15) is 0 Å². The topological polar surface area (TPSA) is 32.3 Å². The van der Waals surface area contributed by atoms with E-state index in [1.54, 1.807) is 0 Å². The first-order valence-electron chi connectivity index (χ1n) is 8.27. The Hall–Kier alpha value is -1.51. The van der Waals surface area contributed by atoms with Gasteiger partial charge in [0.25, 0.3) is 5.91 Å². The Kier molecular flexibility index (Phi) is 5.66. The van der Waals surface area contributed by atoms with Crippen LogP contribution in [0, 0.1) is 5.92 Å². The fourth-order valence-electron chi connectivity index (χ4n) is 2.47. The molecule has 0 atom stereocenters. The first kappa shape index (κ1) is 15.9. The molecule has 1 saturated carbocycles. The van der Waals surface area contributed by atoms with Gasteiger partial charge in [-0.25, -0.2) is 0 Å². The second kappa shape index (κ2) is 7.48. The molecule has 1 N–H and O–H groups in total. The highest BCUT2D eigenvalue weighted by molar-refractivity contribution is 5.99. The van der Waals surface area contributed by atoms with Gasteiger partial charge in [0, 0.05) is 24.8 Å². The van der Waals surface area contributed by atoms with Crippen molar-refractivity contribution in [3.8, 4) is 0 Å². The van der Waals surface area contributed by atoms with Crippen molar-refractivity contribution in [2.75, 3.05) is 18.4 Å². The standard InChI is InChI=1S/C18H28N2O/c1-4-12-19-17-8-6-5-7-16(17)18(21)20(15-9-10-15)13-11-14(2)3/h5-8,14-15,19H,4,9-13H2,1-3H3. The molecule has 1 aromatic carbocycles. The molecule has 0 spiro atoms. The largest absolute Gasteiger partial charge is 0.384 e. The third-order valence-electron chi connectivity index (χ3n) is 3.92. The highest BCUT2D eigenvalue weighted by Gasteiger charge is 2.33. The molecule has 0 unspecified atom stereocenters. The fourth-order valence-corrected chi connectivity index (χ4v) is 2.47. The van der Waals surface area contributed by atoms with Gasteiger partial charge in [0.2, 0.25) is 0 Å². The van der Waals surface area contributed by atoms with Crippen molar-refractivity contribution in [3.05, 3.63) is 29.8 Å². The minimum Gasteiger partial charge on any atom is -0.384 e. The van der Waals surface area contributed by atoms with Gasteiger partial charge in [-0.2, -0.15) is 0 Å². The van der Waals surface area contributed by atoms with Gasteiger partial charge >= 0.3 is 0 Å². The minimum absolute atomic E-state index is 0.192. The number of rotatable bonds is 8. The van der Waals surface area contributed by atoms with Crippen molar-refractivity contribution in [2.45, 2.75) is 52.5 Å². The maximum atomic E-state index is 12.9. The summed E-state index contributed by atoms with van der Waals surface area (Å²) in [5.74, 6) is 0.824. The van der Waals surface area contributed by atoms with Crippen LogP contribution in [-0.4, -0.2) is 29.9 Å². The lowest BCUT2D eigenvalue weighted by molar-refractivity contribution is 0.0736. The van der Waals surface area contributed by atoms with E-state index in [0.29, 0.717) is 12.0 Å². The molecular formula is C18H28N2O. The Balaban J connectivity index is 2.12. The number of carbonyl (C=O) groups is 1. The Morgan fingerprint density at radius 2 is 2.05 bits per heavy atom. The van der Waals surface area contributed by atoms with Crippen molar-refractivity contribution < 1.29 is 4.79 Å². The Morgan fingerprint density at radius 1 is 1.33 bits per heavy atom. The maximum absolute atomic E-state index is 12.9. The highest BCUT2D eigenvalue weighted by Crippen LogP contribution is 2.30. The summed E-state index contributed by atoms with van der Waals surface area (Å²) in [6, 6.07) is 8.37. The van der Waals surface area contributed by atoms with E-state index in [2.05, 4.69) is 31.0 Å². The lowest BCUT2D eigenvalue weighted by Gasteiger charge is -2.24. The predicted molar refractivity (Wildman–Crippen MR) is 88.7 cm³/mol. The molecular weight excluding hydrogens is 260 g/mol. The smallest absolute Gasteiger partial charge is 0.256 e. The molecule has 1 aliphatic carbocycles. The summed E-state index contributed by atoms with van der Waals surface area (Å²) in [6.45, 7) is 8.35. The molecule has 0 heterocycles. The van der Waals surface area contributed by atoms with Crippen LogP contribution in [0.4, 0.5) is 5.69 Å². The summed E-state index contributed by atoms with van der Waals surface area (Å²) in [6.07, 6.45) is 4.46. The van der Waals surface area contributed by atoms with Gasteiger partial charge in [0.05, 0.1) is 5.56 Å². The average Bonchev–Trinajstić information content (AvgIpc) is 3.30. The first-order valence-corrected chi connectivity index (χ1v) is 8.27. The van der Waals surface area contributed by atoms with Crippen LogP contribution in [0.25, 0.3) is 0 Å². The average molecular weight is 288 g/mol. The Bertz CT molecular complexity index is 466. The van der Waals surface area contributed by atoms with E-state index in [1.807, 2.05) is 24.3 Å². The van der Waals surface area contributed by atoms with Crippen LogP contribution in [0.3, 0.4) is 0 Å². The molecule has 3 nitrogen and oxygen atoms in total. The van der Waals surface area contributed by atoms with E-state index in [4.69, 9.17) is 0 Å². The summed E-state index contributed by atoms with van der Waals surface area (Å²) in [4.78, 5) is 15.0. The van der Waals surface area contributed by atoms with Gasteiger partial charge in [-0.05, 0) is 43.7 Å². The SMILES string of the molecule is CCCNc1ccccc1C(=O)N(CCC(C)C)C1CC1. The van der Waals surface area contributed by atoms with Crippen molar-refractivity contribution in [1.82, 2.24) is 4.90 Å². The predicted octanol–water partition coefficient (Wildman–Crippen LogP) is 4.16. The van der Waals surface area contributed by atoms with Gasteiger partial charge in [-0.15, -0.1) is 0 Å². The van der Waals surface area contributed by atoms with Crippen molar-refractivity contribution in [1.29, 1.82) is 0 Å². The quantitative estimate of drug-likeness (QED) is 0.779. The van der Waals surface area contributed by atoms with Crippen LogP contribution in [0.15, 0.2) is 24.3 Å². The summed E-state index contributed by atoms with van der Waals surface area (Å²) in [5, 5.41) is 3.38. The van der Waals surface area contributed by atoms with Crippen LogP contribution in [0.5, 0.6) is 0 Å². The third kappa shape index (κ3) is 4.48. The molecule has 0 aromatic heterocycles. The van der Waals surface area contributed by atoms with Crippen LogP contribution >= 0.6 is 0 Å². The molecule has 1 aliphatic rings. The number of nitrogens with zero attached hydrogens (tertiary/aromatic N) is 1. The van der Waals surface area contributed by atoms with E-state index in [-0.39, 0.29) is 5.91 Å². The molecule has 0 radical (unpaired) electrons. The van der Waals surface area contributed by atoms with Crippen molar-refractivity contribution in [3.63, 3.8) is 0 Å². The summed E-state index contributed by atoms with van der Waals surface area (Å²) >= 11 is 0. The summed E-state index contributed by atoms with van der Waals surface area (Å²) < 4.78 is 0. The lowest BCUT2D eigenvalue weighted by Crippen LogP contribution is -2.35. The molecule has 3 heteroatoms. The van der Waals surface area contributed by atoms with E-state index >= 15 is 0 Å². The highest BCUT2D eigenvalue weighted by atomic mass is 16.2. The van der Waals surface area contributed by atoms with E-state index in [1.165, 1.54) is 0 Å². The zero-order valence-electron chi connectivity index (χ0n) is 13.6. The number of hydrogen-bond donors (Lipinski definition) is 1. The molecule has 0 bridgehead atoms. The molecule has 116 valence electrons. The summed E-state index contributed by atoms with van der Waals surface area (Å²) in [7, 11) is 0. The molecule has 2 rings (SSSR count). The molecule has 0 aliphatic heterocycles. The van der Waals surface area contributed by atoms with Gasteiger partial charge < -0.3 is 10.2 Å². The molecule has 1 aromatic rings. The number of benzene rings is 1. The number of para-hydroxylation sites is 1.